The number of esters is 1. The van der Waals surface area contributed by atoms with Crippen LogP contribution < -0.4 is 0 Å². The van der Waals surface area contributed by atoms with Crippen molar-refractivity contribution in [1.29, 1.82) is 0 Å². The fraction of sp³-hybridized carbons (Fsp3) is 0.292. The Hall–Kier alpha value is -3.03. The summed E-state index contributed by atoms with van der Waals surface area (Å²) in [5, 5.41) is 5.78. The highest BCUT2D eigenvalue weighted by Crippen LogP contribution is 2.28. The van der Waals surface area contributed by atoms with Crippen molar-refractivity contribution in [2.75, 3.05) is 13.2 Å². The van der Waals surface area contributed by atoms with Crippen LogP contribution >= 0.6 is 11.3 Å². The SMILES string of the molecule is CCOC(=O)c1nn(Cc2ccccc2)c2c1CN(Cc1nc3ccccc3s1)CC2. The molecule has 5 rings (SSSR count). The Balaban J connectivity index is 1.42. The van der Waals surface area contributed by atoms with E-state index in [4.69, 9.17) is 9.72 Å². The van der Waals surface area contributed by atoms with Crippen LogP contribution in [0.15, 0.2) is 54.6 Å². The van der Waals surface area contributed by atoms with E-state index in [2.05, 4.69) is 34.3 Å². The van der Waals surface area contributed by atoms with E-state index >= 15 is 0 Å². The maximum absolute atomic E-state index is 12.6. The lowest BCUT2D eigenvalue weighted by atomic mass is 10.0. The average molecular weight is 433 g/mol. The van der Waals surface area contributed by atoms with Crippen LogP contribution in [0.5, 0.6) is 0 Å². The standard InChI is InChI=1S/C24H24N4O2S/c1-2-30-24(29)23-18-15-27(16-22-25-19-10-6-7-11-21(19)31-22)13-12-20(18)28(26-23)14-17-8-4-3-5-9-17/h3-11H,2,12-16H2,1H3. The fourth-order valence-electron chi connectivity index (χ4n) is 4.11. The minimum atomic E-state index is -0.340. The van der Waals surface area contributed by atoms with Crippen molar-refractivity contribution in [3.8, 4) is 0 Å². The molecule has 0 atom stereocenters. The largest absolute Gasteiger partial charge is 0.461 e. The van der Waals surface area contributed by atoms with Crippen LogP contribution in [0.25, 0.3) is 10.2 Å². The van der Waals surface area contributed by atoms with E-state index in [1.54, 1.807) is 11.3 Å². The van der Waals surface area contributed by atoms with Gasteiger partial charge in [-0.1, -0.05) is 42.5 Å². The van der Waals surface area contributed by atoms with Gasteiger partial charge in [-0.15, -0.1) is 11.3 Å². The first kappa shape index (κ1) is 19.9. The van der Waals surface area contributed by atoms with Gasteiger partial charge in [-0.3, -0.25) is 9.58 Å². The van der Waals surface area contributed by atoms with E-state index in [9.17, 15) is 4.79 Å². The zero-order valence-corrected chi connectivity index (χ0v) is 18.3. The number of hydrogen-bond donors (Lipinski definition) is 0. The van der Waals surface area contributed by atoms with Crippen LogP contribution in [-0.2, 0) is 30.8 Å². The van der Waals surface area contributed by atoms with Gasteiger partial charge < -0.3 is 4.74 Å². The number of hydrogen-bond acceptors (Lipinski definition) is 6. The van der Waals surface area contributed by atoms with E-state index in [1.807, 2.05) is 41.9 Å². The van der Waals surface area contributed by atoms with Crippen LogP contribution in [0.2, 0.25) is 0 Å². The van der Waals surface area contributed by atoms with E-state index in [1.165, 1.54) is 10.3 Å². The lowest BCUT2D eigenvalue weighted by Crippen LogP contribution is -2.31. The number of fused-ring (bicyclic) bond motifs is 2. The Bertz CT molecular complexity index is 1180. The fourth-order valence-corrected chi connectivity index (χ4v) is 5.12. The molecule has 0 saturated heterocycles. The number of carbonyl (C=O) groups is 1. The van der Waals surface area contributed by atoms with Gasteiger partial charge in [-0.2, -0.15) is 5.10 Å². The van der Waals surface area contributed by atoms with Crippen LogP contribution in [0.4, 0.5) is 0 Å². The molecule has 0 radical (unpaired) electrons. The number of thiazole rings is 1. The number of nitrogens with zero attached hydrogens (tertiary/aromatic N) is 4. The van der Waals surface area contributed by atoms with Crippen molar-refractivity contribution in [2.45, 2.75) is 33.0 Å². The highest BCUT2D eigenvalue weighted by Gasteiger charge is 2.29. The summed E-state index contributed by atoms with van der Waals surface area (Å²) >= 11 is 1.73. The molecule has 1 aliphatic heterocycles. The predicted octanol–water partition coefficient (Wildman–Crippen LogP) is 4.28. The quantitative estimate of drug-likeness (QED) is 0.426. The van der Waals surface area contributed by atoms with Gasteiger partial charge in [0.25, 0.3) is 0 Å². The molecule has 0 fully saturated rings. The Morgan fingerprint density at radius 1 is 1.10 bits per heavy atom. The second-order valence-electron chi connectivity index (χ2n) is 7.67. The first-order chi connectivity index (χ1) is 15.2. The Morgan fingerprint density at radius 3 is 2.71 bits per heavy atom. The van der Waals surface area contributed by atoms with Gasteiger partial charge in [0, 0.05) is 30.8 Å². The molecule has 0 amide bonds. The van der Waals surface area contributed by atoms with Crippen molar-refractivity contribution in [3.05, 3.63) is 82.1 Å². The number of benzene rings is 2. The van der Waals surface area contributed by atoms with Crippen molar-refractivity contribution in [2.24, 2.45) is 0 Å². The van der Waals surface area contributed by atoms with Crippen molar-refractivity contribution < 1.29 is 9.53 Å². The minimum absolute atomic E-state index is 0.340. The summed E-state index contributed by atoms with van der Waals surface area (Å²) in [6.45, 7) is 5.17. The summed E-state index contributed by atoms with van der Waals surface area (Å²) in [7, 11) is 0. The Morgan fingerprint density at radius 2 is 1.90 bits per heavy atom. The lowest BCUT2D eigenvalue weighted by molar-refractivity contribution is 0.0515. The summed E-state index contributed by atoms with van der Waals surface area (Å²) < 4.78 is 8.49. The van der Waals surface area contributed by atoms with Gasteiger partial charge in [0.2, 0.25) is 0 Å². The molecule has 3 heterocycles. The van der Waals surface area contributed by atoms with Gasteiger partial charge in [-0.25, -0.2) is 9.78 Å². The summed E-state index contributed by atoms with van der Waals surface area (Å²) in [6.07, 6.45) is 0.847. The molecule has 6 nitrogen and oxygen atoms in total. The van der Waals surface area contributed by atoms with E-state index in [0.717, 1.165) is 41.3 Å². The molecular formula is C24H24N4O2S. The first-order valence-corrected chi connectivity index (χ1v) is 11.4. The first-order valence-electron chi connectivity index (χ1n) is 10.6. The van der Waals surface area contributed by atoms with Crippen LogP contribution in [-0.4, -0.2) is 38.8 Å². The molecule has 4 aromatic rings. The molecule has 31 heavy (non-hydrogen) atoms. The maximum Gasteiger partial charge on any atom is 0.359 e. The van der Waals surface area contributed by atoms with Crippen LogP contribution in [0, 0.1) is 0 Å². The summed E-state index contributed by atoms with van der Waals surface area (Å²) in [4.78, 5) is 19.8. The number of carbonyl (C=O) groups excluding carboxylic acids is 1. The molecular weight excluding hydrogens is 408 g/mol. The summed E-state index contributed by atoms with van der Waals surface area (Å²) in [6, 6.07) is 18.4. The average Bonchev–Trinajstić information content (AvgIpc) is 3.35. The monoisotopic (exact) mass is 432 g/mol. The summed E-state index contributed by atoms with van der Waals surface area (Å²) in [5.41, 5.74) is 4.78. The number of aromatic nitrogens is 3. The number of para-hydroxylation sites is 1. The molecule has 0 bridgehead atoms. The van der Waals surface area contributed by atoms with Crippen molar-refractivity contribution in [1.82, 2.24) is 19.7 Å². The Kier molecular flexibility index (Phi) is 5.53. The van der Waals surface area contributed by atoms with Crippen molar-refractivity contribution >= 4 is 27.5 Å². The maximum atomic E-state index is 12.6. The van der Waals surface area contributed by atoms with Crippen LogP contribution in [0.1, 0.15) is 39.2 Å². The zero-order valence-electron chi connectivity index (χ0n) is 17.5. The second kappa shape index (κ2) is 8.61. The van der Waals surface area contributed by atoms with Crippen LogP contribution in [0.3, 0.4) is 0 Å². The molecule has 1 aliphatic rings. The third-order valence-corrected chi connectivity index (χ3v) is 6.58. The Labute approximate surface area is 185 Å². The highest BCUT2D eigenvalue weighted by atomic mass is 32.1. The molecule has 158 valence electrons. The van der Waals surface area contributed by atoms with E-state index in [0.29, 0.717) is 25.4 Å². The number of ether oxygens (including phenoxy) is 1. The van der Waals surface area contributed by atoms with Gasteiger partial charge in [0.1, 0.15) is 5.01 Å². The van der Waals surface area contributed by atoms with Gasteiger partial charge in [0.15, 0.2) is 5.69 Å². The molecule has 0 spiro atoms. The molecule has 2 aromatic heterocycles. The topological polar surface area (TPSA) is 60.2 Å². The minimum Gasteiger partial charge on any atom is -0.461 e. The van der Waals surface area contributed by atoms with Gasteiger partial charge >= 0.3 is 5.97 Å². The third-order valence-electron chi connectivity index (χ3n) is 5.55. The van der Waals surface area contributed by atoms with Crippen molar-refractivity contribution in [3.63, 3.8) is 0 Å². The van der Waals surface area contributed by atoms with Gasteiger partial charge in [-0.05, 0) is 24.6 Å². The number of rotatable bonds is 6. The second-order valence-corrected chi connectivity index (χ2v) is 8.79. The molecule has 0 saturated carbocycles. The predicted molar refractivity (Wildman–Crippen MR) is 121 cm³/mol. The molecule has 2 aromatic carbocycles. The zero-order chi connectivity index (χ0) is 21.2. The third kappa shape index (κ3) is 4.11. The molecule has 0 N–H and O–H groups in total. The highest BCUT2D eigenvalue weighted by molar-refractivity contribution is 7.18. The van der Waals surface area contributed by atoms with E-state index in [-0.39, 0.29) is 5.97 Å². The normalized spacial score (nSPS) is 14.0. The smallest absolute Gasteiger partial charge is 0.359 e. The lowest BCUT2D eigenvalue weighted by Gasteiger charge is -2.26. The summed E-state index contributed by atoms with van der Waals surface area (Å²) in [5.74, 6) is -0.340. The van der Waals surface area contributed by atoms with Gasteiger partial charge in [0.05, 0.1) is 29.9 Å². The molecule has 0 aliphatic carbocycles. The molecule has 0 unspecified atom stereocenters. The molecule has 7 heteroatoms. The van der Waals surface area contributed by atoms with E-state index < -0.39 is 0 Å².